The van der Waals surface area contributed by atoms with Crippen molar-refractivity contribution in [3.05, 3.63) is 28.4 Å². The molecule has 2 fully saturated rings. The maximum absolute atomic E-state index is 13.5. The third kappa shape index (κ3) is 5.20. The van der Waals surface area contributed by atoms with E-state index in [2.05, 4.69) is 0 Å². The third-order valence-electron chi connectivity index (χ3n) is 7.55. The highest BCUT2D eigenvalue weighted by Crippen LogP contribution is 2.44. The summed E-state index contributed by atoms with van der Waals surface area (Å²) < 4.78 is 39.1. The number of benzene rings is 2. The van der Waals surface area contributed by atoms with E-state index in [0.717, 1.165) is 6.07 Å². The number of rotatable bonds is 7. The lowest BCUT2D eigenvalue weighted by atomic mass is 9.97. The van der Waals surface area contributed by atoms with Crippen molar-refractivity contribution in [3.8, 4) is 28.7 Å². The first-order chi connectivity index (χ1) is 20.4. The number of hydrogen-bond acceptors (Lipinski definition) is 16. The summed E-state index contributed by atoms with van der Waals surface area (Å²) in [5.41, 5.74) is -1.36. The fourth-order valence-corrected chi connectivity index (χ4v) is 5.13. The van der Waals surface area contributed by atoms with Gasteiger partial charge in [-0.05, 0) is 19.1 Å². The van der Waals surface area contributed by atoms with E-state index < -0.39 is 90.3 Å². The molecule has 2 saturated heterocycles. The molecule has 2 aliphatic rings. The van der Waals surface area contributed by atoms with Crippen molar-refractivity contribution in [2.45, 2.75) is 68.3 Å². The number of methoxy groups -OCH3 is 2. The summed E-state index contributed by atoms with van der Waals surface area (Å²) in [6.07, 6.45) is -16.0. The molecule has 10 atom stereocenters. The average Bonchev–Trinajstić information content (AvgIpc) is 2.99. The summed E-state index contributed by atoms with van der Waals surface area (Å²) in [7, 11) is 2.50. The molecule has 0 spiro atoms. The number of aliphatic hydroxyl groups is 6. The van der Waals surface area contributed by atoms with Crippen LogP contribution in [0, 0.1) is 0 Å². The summed E-state index contributed by atoms with van der Waals surface area (Å²) in [6.45, 7) is 0.630. The molecular weight excluding hydrogens is 580 g/mol. The van der Waals surface area contributed by atoms with Crippen LogP contribution in [0.2, 0.25) is 0 Å². The molecule has 43 heavy (non-hydrogen) atoms. The zero-order chi connectivity index (χ0) is 31.3. The second-order valence-electron chi connectivity index (χ2n) is 10.2. The van der Waals surface area contributed by atoms with E-state index in [1.807, 2.05) is 0 Å². The van der Waals surface area contributed by atoms with E-state index in [1.54, 1.807) is 0 Å². The van der Waals surface area contributed by atoms with Crippen LogP contribution in [0.1, 0.15) is 6.92 Å². The first-order valence-corrected chi connectivity index (χ1v) is 13.1. The van der Waals surface area contributed by atoms with E-state index in [0.29, 0.717) is 0 Å². The largest absolute Gasteiger partial charge is 0.507 e. The standard InChI is InChI=1S/C27H32O16/c1-8-16(30)20(34)22(36)26(39-8)43-25-21(35)18(32)13(7-28)41-27(25)42-23-12(38-3)6-9(29)14-19(33)15-10(40-24(14)23)4-5-11(37-2)17(15)31/h4-6,8,13,16,18,20-22,25-32,34-36H,7H2,1-3H3/t8-,13+,16-,18+,20+,21-,22+,25+,26-,27-/m1/s1. The molecule has 1 aromatic heterocycles. The van der Waals surface area contributed by atoms with Gasteiger partial charge in [0.1, 0.15) is 58.7 Å². The van der Waals surface area contributed by atoms with Crippen LogP contribution in [0.3, 0.4) is 0 Å². The zero-order valence-corrected chi connectivity index (χ0v) is 23.1. The van der Waals surface area contributed by atoms with Gasteiger partial charge in [0.05, 0.1) is 26.9 Å². The molecule has 3 aromatic rings. The van der Waals surface area contributed by atoms with E-state index in [-0.39, 0.29) is 33.8 Å². The Morgan fingerprint density at radius 2 is 1.53 bits per heavy atom. The lowest BCUT2D eigenvalue weighted by molar-refractivity contribution is -0.354. The number of fused-ring (bicyclic) bond motifs is 2. The monoisotopic (exact) mass is 612 g/mol. The minimum atomic E-state index is -1.84. The fourth-order valence-electron chi connectivity index (χ4n) is 5.13. The topological polar surface area (TPSA) is 247 Å². The number of aliphatic hydroxyl groups excluding tert-OH is 6. The highest BCUT2D eigenvalue weighted by atomic mass is 16.8. The fraction of sp³-hybridized carbons (Fsp3) is 0.519. The van der Waals surface area contributed by atoms with Crippen LogP contribution in [-0.2, 0) is 14.2 Å². The molecule has 0 bridgehead atoms. The summed E-state index contributed by atoms with van der Waals surface area (Å²) >= 11 is 0. The van der Waals surface area contributed by atoms with Gasteiger partial charge in [-0.3, -0.25) is 4.79 Å². The Bertz CT molecular complexity index is 1540. The lowest BCUT2D eigenvalue weighted by Crippen LogP contribution is -2.64. The zero-order valence-electron chi connectivity index (χ0n) is 23.1. The van der Waals surface area contributed by atoms with Crippen molar-refractivity contribution in [1.29, 1.82) is 0 Å². The first kappa shape index (κ1) is 31.0. The predicted octanol–water partition coefficient (Wildman–Crippen LogP) is -1.59. The SMILES string of the molecule is COc1cc(O)c2c(=O)c3c(O)c(OC)ccc3oc2c1O[C@H]1O[C@@H](CO)[C@H](O)[C@@H](O)[C@@H]1O[C@H]1O[C@H](C)[C@@H](O)[C@H](O)[C@@H]1O. The van der Waals surface area contributed by atoms with Crippen LogP contribution in [-0.4, -0.2) is 123 Å². The van der Waals surface area contributed by atoms with Gasteiger partial charge < -0.3 is 73.7 Å². The molecule has 8 N–H and O–H groups in total. The lowest BCUT2D eigenvalue weighted by Gasteiger charge is -2.45. The van der Waals surface area contributed by atoms with Crippen molar-refractivity contribution in [1.82, 2.24) is 0 Å². The number of phenols is 2. The first-order valence-electron chi connectivity index (χ1n) is 13.1. The molecule has 236 valence electrons. The van der Waals surface area contributed by atoms with Crippen molar-refractivity contribution >= 4 is 21.9 Å². The van der Waals surface area contributed by atoms with Gasteiger partial charge in [0, 0.05) is 6.07 Å². The normalized spacial score (nSPS) is 33.0. The molecule has 0 saturated carbocycles. The Labute approximate surface area is 242 Å². The van der Waals surface area contributed by atoms with Crippen LogP contribution < -0.4 is 19.6 Å². The van der Waals surface area contributed by atoms with Gasteiger partial charge >= 0.3 is 0 Å². The Morgan fingerprint density at radius 1 is 0.837 bits per heavy atom. The number of phenolic OH excluding ortho intramolecular Hbond substituents is 2. The average molecular weight is 613 g/mol. The summed E-state index contributed by atoms with van der Waals surface area (Å²) in [4.78, 5) is 13.5. The van der Waals surface area contributed by atoms with E-state index in [9.17, 15) is 45.6 Å². The molecule has 0 unspecified atom stereocenters. The summed E-state index contributed by atoms with van der Waals surface area (Å²) in [6, 6.07) is 3.70. The maximum atomic E-state index is 13.5. The maximum Gasteiger partial charge on any atom is 0.230 e. The van der Waals surface area contributed by atoms with Gasteiger partial charge in [-0.2, -0.15) is 0 Å². The van der Waals surface area contributed by atoms with Gasteiger partial charge in [-0.25, -0.2) is 0 Å². The molecule has 5 rings (SSSR count). The van der Waals surface area contributed by atoms with Gasteiger partial charge in [-0.1, -0.05) is 0 Å². The van der Waals surface area contributed by atoms with Crippen molar-refractivity contribution in [3.63, 3.8) is 0 Å². The smallest absolute Gasteiger partial charge is 0.230 e. The van der Waals surface area contributed by atoms with E-state index in [1.165, 1.54) is 33.3 Å². The van der Waals surface area contributed by atoms with E-state index in [4.69, 9.17) is 32.8 Å². The highest BCUT2D eigenvalue weighted by Gasteiger charge is 2.51. The minimum absolute atomic E-state index is 0.0270. The Kier molecular flexibility index (Phi) is 8.59. The molecule has 0 radical (unpaired) electrons. The van der Waals surface area contributed by atoms with Crippen LogP contribution in [0.25, 0.3) is 21.9 Å². The minimum Gasteiger partial charge on any atom is -0.507 e. The number of aromatic hydroxyl groups is 2. The van der Waals surface area contributed by atoms with Crippen LogP contribution in [0.4, 0.5) is 0 Å². The van der Waals surface area contributed by atoms with E-state index >= 15 is 0 Å². The van der Waals surface area contributed by atoms with Crippen LogP contribution >= 0.6 is 0 Å². The Balaban J connectivity index is 1.62. The van der Waals surface area contributed by atoms with Crippen LogP contribution in [0.5, 0.6) is 28.7 Å². The number of hydrogen-bond donors (Lipinski definition) is 8. The summed E-state index contributed by atoms with van der Waals surface area (Å²) in [5, 5.41) is 82.6. The molecule has 2 aromatic carbocycles. The Morgan fingerprint density at radius 3 is 2.19 bits per heavy atom. The molecule has 3 heterocycles. The molecule has 0 aliphatic carbocycles. The molecule has 16 heteroatoms. The van der Waals surface area contributed by atoms with Gasteiger partial charge in [0.15, 0.2) is 35.2 Å². The molecule has 16 nitrogen and oxygen atoms in total. The van der Waals surface area contributed by atoms with Crippen molar-refractivity contribution in [2.75, 3.05) is 20.8 Å². The molecule has 0 amide bonds. The predicted molar refractivity (Wildman–Crippen MR) is 142 cm³/mol. The second kappa shape index (κ2) is 11.9. The number of ether oxygens (including phenoxy) is 6. The van der Waals surface area contributed by atoms with Crippen molar-refractivity contribution in [2.24, 2.45) is 0 Å². The van der Waals surface area contributed by atoms with Crippen LogP contribution in [0.15, 0.2) is 27.4 Å². The third-order valence-corrected chi connectivity index (χ3v) is 7.55. The molecular formula is C27H32O16. The summed E-state index contributed by atoms with van der Waals surface area (Å²) in [5.74, 6) is -1.69. The second-order valence-corrected chi connectivity index (χ2v) is 10.2. The van der Waals surface area contributed by atoms with Gasteiger partial charge in [-0.15, -0.1) is 0 Å². The van der Waals surface area contributed by atoms with Gasteiger partial charge in [0.2, 0.25) is 17.5 Å². The Hall–Kier alpha value is -3.45. The quantitative estimate of drug-likeness (QED) is 0.140. The highest BCUT2D eigenvalue weighted by molar-refractivity contribution is 6.00. The molecule has 2 aliphatic heterocycles. The van der Waals surface area contributed by atoms with Gasteiger partial charge in [0.25, 0.3) is 0 Å². The van der Waals surface area contributed by atoms with Crippen molar-refractivity contribution < 1.29 is 73.7 Å².